The van der Waals surface area contributed by atoms with Gasteiger partial charge in [-0.05, 0) is 26.6 Å². The van der Waals surface area contributed by atoms with Crippen molar-refractivity contribution < 1.29 is 31.1 Å². The standard InChI is InChI=1S/C5H5.C3H10OSi.C2H6O.CH3.2ClH.O.H2Si.Ti/c1-2-4-5-3-1;1-5(2,3)4;1-2-3;;;;;;/h1-3H,4H2;4H,1-3H3;3H,2H2,1H3;1H3;2*1H;;1H2;/q-1;;;-1;;;;;. The second-order valence-corrected chi connectivity index (χ2v) is 9.62. The van der Waals surface area contributed by atoms with Gasteiger partial charge in [0.2, 0.25) is 0 Å². The number of aliphatic hydroxyl groups excluding tert-OH is 1. The van der Waals surface area contributed by atoms with Gasteiger partial charge in [-0.2, -0.15) is 6.08 Å². The van der Waals surface area contributed by atoms with Crippen molar-refractivity contribution in [2.75, 3.05) is 6.61 Å². The molecule has 118 valence electrons. The Morgan fingerprint density at radius 1 is 1.37 bits per heavy atom. The van der Waals surface area contributed by atoms with Gasteiger partial charge in [-0.3, -0.25) is 6.08 Å². The molecule has 0 unspecified atom stereocenters. The van der Waals surface area contributed by atoms with Crippen LogP contribution in [0.1, 0.15) is 13.3 Å². The molecule has 0 spiro atoms. The third-order valence-electron chi connectivity index (χ3n) is 0.586. The van der Waals surface area contributed by atoms with Crippen molar-refractivity contribution in [1.82, 2.24) is 0 Å². The molecule has 19 heavy (non-hydrogen) atoms. The predicted octanol–water partition coefficient (Wildman–Crippen LogP) is 2.37. The summed E-state index contributed by atoms with van der Waals surface area (Å²) in [6.45, 7) is 7.58. The van der Waals surface area contributed by atoms with Gasteiger partial charge in [-0.25, -0.2) is 12.2 Å². The number of rotatable bonds is 0. The number of aliphatic hydroxyl groups is 1. The first-order chi connectivity index (χ1) is 7.33. The number of allylic oxidation sites excluding steroid dienone is 4. The van der Waals surface area contributed by atoms with Crippen molar-refractivity contribution in [2.45, 2.75) is 33.0 Å². The van der Waals surface area contributed by atoms with Gasteiger partial charge in [0.15, 0.2) is 8.32 Å². The van der Waals surface area contributed by atoms with Gasteiger partial charge >= 0.3 is 28.8 Å². The Balaban J connectivity index is -0.0000000290. The van der Waals surface area contributed by atoms with Gasteiger partial charge in [-0.1, -0.05) is 0 Å². The van der Waals surface area contributed by atoms with E-state index in [1.165, 1.54) is 0 Å². The molecular formula is C11H28Cl2O3Si2Ti-2. The molecule has 2 N–H and O–H groups in total. The molecule has 0 aromatic carbocycles. The fourth-order valence-corrected chi connectivity index (χ4v) is 0.340. The van der Waals surface area contributed by atoms with E-state index in [2.05, 4.69) is 12.2 Å². The molecule has 0 aliphatic heterocycles. The third-order valence-corrected chi connectivity index (χ3v) is 0.586. The average molecular weight is 383 g/mol. The molecule has 0 fully saturated rings. The summed E-state index contributed by atoms with van der Waals surface area (Å²) < 4.78 is 9.07. The van der Waals surface area contributed by atoms with Crippen LogP contribution in [0.5, 0.6) is 0 Å². The molecule has 0 radical (unpaired) electrons. The number of hydrogen-bond acceptors (Lipinski definition) is 3. The topological polar surface area (TPSA) is 57.5 Å². The predicted molar refractivity (Wildman–Crippen MR) is 90.0 cm³/mol. The van der Waals surface area contributed by atoms with Crippen LogP contribution in [0.2, 0.25) is 19.6 Å². The molecule has 0 heterocycles. The minimum absolute atomic E-state index is 0. The van der Waals surface area contributed by atoms with E-state index in [1.807, 2.05) is 31.8 Å². The summed E-state index contributed by atoms with van der Waals surface area (Å²) in [4.78, 5) is 8.66. The Kier molecular flexibility index (Phi) is 60.7. The molecule has 0 aromatic rings. The molecule has 1 rings (SSSR count). The van der Waals surface area contributed by atoms with Crippen LogP contribution < -0.4 is 0 Å². The van der Waals surface area contributed by atoms with Gasteiger partial charge in [0.05, 0.1) is 0 Å². The molecule has 0 saturated heterocycles. The molecule has 0 atom stereocenters. The van der Waals surface area contributed by atoms with Crippen LogP contribution in [0.15, 0.2) is 18.2 Å². The van der Waals surface area contributed by atoms with Crippen LogP contribution in [0.25, 0.3) is 0 Å². The molecule has 1 aliphatic rings. The summed E-state index contributed by atoms with van der Waals surface area (Å²) in [7, 11) is -0.0679. The van der Waals surface area contributed by atoms with Gasteiger partial charge in [0, 0.05) is 6.61 Å². The minimum atomic E-state index is -1.61. The van der Waals surface area contributed by atoms with Crippen LogP contribution in [-0.4, -0.2) is 32.5 Å². The van der Waals surface area contributed by atoms with E-state index < -0.39 is 26.2 Å². The van der Waals surface area contributed by atoms with Crippen molar-refractivity contribution in [1.29, 1.82) is 0 Å². The van der Waals surface area contributed by atoms with Crippen molar-refractivity contribution in [3.8, 4) is 0 Å². The first-order valence-electron chi connectivity index (χ1n) is 5.02. The van der Waals surface area contributed by atoms with E-state index in [0.29, 0.717) is 0 Å². The average Bonchev–Trinajstić information content (AvgIpc) is 2.58. The van der Waals surface area contributed by atoms with Gasteiger partial charge < -0.3 is 17.3 Å². The SMILES string of the molecule is CCO.C[Si](C)(C)O.Cl.Cl.[C-]1=CC=CC1.[CH3-].[O]=[Ti]=[SiH2]. The zero-order valence-corrected chi connectivity index (χ0v) is 18.1. The summed E-state index contributed by atoms with van der Waals surface area (Å²) in [5.41, 5.74) is 0. The second-order valence-electron chi connectivity index (χ2n) is 3.63. The Hall–Kier alpha value is 0.928. The molecule has 0 bridgehead atoms. The van der Waals surface area contributed by atoms with Crippen LogP contribution in [0.3, 0.4) is 0 Å². The number of hydrogen-bond donors (Lipinski definition) is 2. The van der Waals surface area contributed by atoms with Gasteiger partial charge in [0.1, 0.15) is 0 Å². The molecule has 1 aliphatic carbocycles. The number of halogens is 2. The van der Waals surface area contributed by atoms with Crippen LogP contribution in [0, 0.1) is 13.5 Å². The van der Waals surface area contributed by atoms with Crippen molar-refractivity contribution >= 4 is 40.8 Å². The fourth-order valence-electron chi connectivity index (χ4n) is 0.340. The van der Waals surface area contributed by atoms with E-state index >= 15 is 0 Å². The van der Waals surface area contributed by atoms with Crippen LogP contribution >= 0.6 is 24.8 Å². The van der Waals surface area contributed by atoms with Gasteiger partial charge in [0.25, 0.3) is 0 Å². The fraction of sp³-hybridized carbons (Fsp3) is 0.545. The molecule has 3 nitrogen and oxygen atoms in total. The first kappa shape index (κ1) is 36.8. The molecule has 0 aromatic heterocycles. The third kappa shape index (κ3) is 154. The zero-order chi connectivity index (χ0) is 13.4. The van der Waals surface area contributed by atoms with E-state index in [4.69, 9.17) is 13.2 Å². The van der Waals surface area contributed by atoms with Crippen molar-refractivity contribution in [3.63, 3.8) is 0 Å². The Morgan fingerprint density at radius 2 is 1.63 bits per heavy atom. The Labute approximate surface area is 142 Å². The van der Waals surface area contributed by atoms with E-state index in [9.17, 15) is 0 Å². The molecule has 0 amide bonds. The Bertz CT molecular complexity index is 210. The van der Waals surface area contributed by atoms with Crippen molar-refractivity contribution in [2.24, 2.45) is 0 Å². The van der Waals surface area contributed by atoms with E-state index in [0.717, 1.165) is 6.42 Å². The quantitative estimate of drug-likeness (QED) is 0.499. The van der Waals surface area contributed by atoms with E-state index in [-0.39, 0.29) is 38.8 Å². The van der Waals surface area contributed by atoms with Crippen molar-refractivity contribution in [3.05, 3.63) is 31.7 Å². The van der Waals surface area contributed by atoms with Gasteiger partial charge in [-0.15, -0.1) is 31.2 Å². The summed E-state index contributed by atoms with van der Waals surface area (Å²) >= 11 is -0.722. The molecule has 0 saturated carbocycles. The summed E-state index contributed by atoms with van der Waals surface area (Å²) in [6, 6.07) is 0. The normalized spacial score (nSPS) is 9.16. The zero-order valence-electron chi connectivity index (χ0n) is 12.5. The second kappa shape index (κ2) is 31.4. The Morgan fingerprint density at radius 3 is 1.68 bits per heavy atom. The molecular weight excluding hydrogens is 355 g/mol. The summed E-state index contributed by atoms with van der Waals surface area (Å²) in [6.07, 6.45) is 10.0. The molecule has 8 heteroatoms. The van der Waals surface area contributed by atoms with E-state index in [1.54, 1.807) is 14.6 Å². The summed E-state index contributed by atoms with van der Waals surface area (Å²) in [5.74, 6) is 0. The van der Waals surface area contributed by atoms with Crippen LogP contribution in [-0.2, 0) is 21.2 Å². The maximum absolute atomic E-state index is 9.07. The maximum atomic E-state index is 9.07. The monoisotopic (exact) mass is 382 g/mol. The summed E-state index contributed by atoms with van der Waals surface area (Å²) in [5, 5.41) is 7.57. The van der Waals surface area contributed by atoms with Crippen LogP contribution in [0.4, 0.5) is 0 Å². The first-order valence-corrected chi connectivity index (χ1v) is 13.1.